The molecule has 1 amide bonds. The number of anilines is 3. The second kappa shape index (κ2) is 11.9. The Balaban J connectivity index is 1.53. The zero-order valence-electron chi connectivity index (χ0n) is 20.5. The first-order valence-electron chi connectivity index (χ1n) is 11.5. The third-order valence-electron chi connectivity index (χ3n) is 5.54. The van der Waals surface area contributed by atoms with Crippen molar-refractivity contribution in [2.24, 2.45) is 0 Å². The maximum atomic E-state index is 13.5. The van der Waals surface area contributed by atoms with E-state index in [2.05, 4.69) is 41.9 Å². The van der Waals surface area contributed by atoms with Crippen LogP contribution in [0.1, 0.15) is 5.56 Å². The van der Waals surface area contributed by atoms with Crippen molar-refractivity contribution in [2.45, 2.75) is 16.7 Å². The van der Waals surface area contributed by atoms with Crippen molar-refractivity contribution in [2.75, 3.05) is 20.9 Å². The zero-order valence-corrected chi connectivity index (χ0v) is 25.3. The lowest BCUT2D eigenvalue weighted by molar-refractivity contribution is -0.114. The van der Waals surface area contributed by atoms with Gasteiger partial charge in [-0.1, -0.05) is 55.6 Å². The molecule has 0 unspecified atom stereocenters. The van der Waals surface area contributed by atoms with Crippen LogP contribution >= 0.6 is 31.9 Å². The quantitative estimate of drug-likeness (QED) is 0.218. The van der Waals surface area contributed by atoms with Crippen LogP contribution in [0.25, 0.3) is 0 Å². The van der Waals surface area contributed by atoms with Gasteiger partial charge >= 0.3 is 0 Å². The molecule has 0 spiro atoms. The van der Waals surface area contributed by atoms with E-state index in [0.29, 0.717) is 21.5 Å². The van der Waals surface area contributed by atoms with E-state index in [1.807, 2.05) is 6.92 Å². The van der Waals surface area contributed by atoms with Crippen LogP contribution in [0.5, 0.6) is 0 Å². The highest BCUT2D eigenvalue weighted by Gasteiger charge is 2.27. The number of halogens is 2. The predicted molar refractivity (Wildman–Crippen MR) is 160 cm³/mol. The molecular formula is C27H23Br2N3O5S2. The molecule has 0 aliphatic heterocycles. The van der Waals surface area contributed by atoms with Crippen LogP contribution in [0.2, 0.25) is 0 Å². The number of benzene rings is 4. The van der Waals surface area contributed by atoms with Gasteiger partial charge < -0.3 is 5.32 Å². The van der Waals surface area contributed by atoms with E-state index in [-0.39, 0.29) is 9.79 Å². The molecule has 12 heteroatoms. The maximum Gasteiger partial charge on any atom is 0.264 e. The van der Waals surface area contributed by atoms with Gasteiger partial charge in [-0.15, -0.1) is 0 Å². The second-order valence-corrected chi connectivity index (χ2v) is 13.9. The molecule has 39 heavy (non-hydrogen) atoms. The molecular weight excluding hydrogens is 670 g/mol. The largest absolute Gasteiger partial charge is 0.325 e. The molecule has 0 atom stereocenters. The highest BCUT2D eigenvalue weighted by Crippen LogP contribution is 2.27. The van der Waals surface area contributed by atoms with Crippen molar-refractivity contribution in [3.05, 3.63) is 112 Å². The van der Waals surface area contributed by atoms with Gasteiger partial charge in [0.15, 0.2) is 0 Å². The summed E-state index contributed by atoms with van der Waals surface area (Å²) in [5.74, 6) is -0.603. The number of nitrogens with one attached hydrogen (secondary N) is 2. The molecule has 0 saturated heterocycles. The number of rotatable bonds is 9. The van der Waals surface area contributed by atoms with Crippen molar-refractivity contribution in [1.82, 2.24) is 0 Å². The van der Waals surface area contributed by atoms with Gasteiger partial charge in [-0.05, 0) is 85.8 Å². The summed E-state index contributed by atoms with van der Waals surface area (Å²) in [6.07, 6.45) is 0. The van der Waals surface area contributed by atoms with Crippen LogP contribution in [-0.2, 0) is 24.8 Å². The van der Waals surface area contributed by atoms with Gasteiger partial charge in [-0.3, -0.25) is 13.8 Å². The van der Waals surface area contributed by atoms with Crippen LogP contribution in [0, 0.1) is 6.92 Å². The number of carbonyl (C=O) groups is 1. The molecule has 0 saturated carbocycles. The van der Waals surface area contributed by atoms with E-state index in [4.69, 9.17) is 0 Å². The first kappa shape index (κ1) is 28.8. The van der Waals surface area contributed by atoms with Crippen LogP contribution in [-0.4, -0.2) is 29.3 Å². The second-order valence-electron chi connectivity index (χ2n) is 8.49. The Morgan fingerprint density at radius 1 is 0.744 bits per heavy atom. The van der Waals surface area contributed by atoms with Crippen LogP contribution in [0.3, 0.4) is 0 Å². The highest BCUT2D eigenvalue weighted by molar-refractivity contribution is 9.10. The maximum absolute atomic E-state index is 13.5. The summed E-state index contributed by atoms with van der Waals surface area (Å²) in [7, 11) is -7.93. The van der Waals surface area contributed by atoms with Gasteiger partial charge in [0.2, 0.25) is 5.91 Å². The Bertz CT molecular complexity index is 1690. The van der Waals surface area contributed by atoms with Crippen molar-refractivity contribution < 1.29 is 21.6 Å². The number of hydrogen-bond donors (Lipinski definition) is 2. The predicted octanol–water partition coefficient (Wildman–Crippen LogP) is 6.15. The molecule has 202 valence electrons. The van der Waals surface area contributed by atoms with Gasteiger partial charge in [0, 0.05) is 20.3 Å². The van der Waals surface area contributed by atoms with Crippen molar-refractivity contribution >= 4 is 74.9 Å². The van der Waals surface area contributed by atoms with E-state index >= 15 is 0 Å². The summed E-state index contributed by atoms with van der Waals surface area (Å²) in [4.78, 5) is 13.1. The summed E-state index contributed by atoms with van der Waals surface area (Å²) in [5.41, 5.74) is 1.92. The lowest BCUT2D eigenvalue weighted by Crippen LogP contribution is -2.38. The molecule has 4 rings (SSSR count). The fraction of sp³-hybridized carbons (Fsp3) is 0.0741. The van der Waals surface area contributed by atoms with Gasteiger partial charge in [-0.2, -0.15) is 0 Å². The fourth-order valence-corrected chi connectivity index (χ4v) is 6.69. The standard InChI is InChI=1S/C27H23Br2N3O5S2/c1-19-5-13-26(14-6-19)39(36,37)32(24-4-2-3-21(29)17-24)18-27(33)30-22-11-15-25(16-12-22)38(34,35)31-23-9-7-20(28)8-10-23/h2-17,31H,18H2,1H3,(H,30,33). The molecule has 0 aromatic heterocycles. The molecule has 4 aromatic carbocycles. The Labute approximate surface area is 244 Å². The van der Waals surface area contributed by atoms with Gasteiger partial charge in [0.25, 0.3) is 20.0 Å². The molecule has 8 nitrogen and oxygen atoms in total. The summed E-state index contributed by atoms with van der Waals surface area (Å²) >= 11 is 6.65. The van der Waals surface area contributed by atoms with E-state index in [0.717, 1.165) is 14.3 Å². The van der Waals surface area contributed by atoms with Crippen molar-refractivity contribution in [3.8, 4) is 0 Å². The summed E-state index contributed by atoms with van der Waals surface area (Å²) < 4.78 is 57.5. The third kappa shape index (κ3) is 7.27. The summed E-state index contributed by atoms with van der Waals surface area (Å²) in [5, 5.41) is 2.65. The average Bonchev–Trinajstić information content (AvgIpc) is 2.89. The van der Waals surface area contributed by atoms with Gasteiger partial charge in [-0.25, -0.2) is 16.8 Å². The molecule has 0 aliphatic rings. The first-order valence-corrected chi connectivity index (χ1v) is 16.0. The average molecular weight is 693 g/mol. The highest BCUT2D eigenvalue weighted by atomic mass is 79.9. The molecule has 4 aromatic rings. The van der Waals surface area contributed by atoms with E-state index < -0.39 is 32.5 Å². The lowest BCUT2D eigenvalue weighted by atomic mass is 10.2. The number of hydrogen-bond acceptors (Lipinski definition) is 5. The number of nitrogens with zero attached hydrogens (tertiary/aromatic N) is 1. The minimum atomic E-state index is -4.07. The Hall–Kier alpha value is -3.19. The molecule has 0 aliphatic carbocycles. The van der Waals surface area contributed by atoms with Crippen LogP contribution < -0.4 is 14.3 Å². The van der Waals surface area contributed by atoms with Crippen LogP contribution in [0.15, 0.2) is 116 Å². The first-order chi connectivity index (χ1) is 18.4. The van der Waals surface area contributed by atoms with E-state index in [9.17, 15) is 21.6 Å². The SMILES string of the molecule is Cc1ccc(S(=O)(=O)N(CC(=O)Nc2ccc(S(=O)(=O)Nc3ccc(Br)cc3)cc2)c2cccc(Br)c2)cc1. The minimum Gasteiger partial charge on any atom is -0.325 e. The summed E-state index contributed by atoms with van der Waals surface area (Å²) in [6, 6.07) is 25.3. The third-order valence-corrected chi connectivity index (χ3v) is 9.74. The number of aryl methyl sites for hydroxylation is 1. The van der Waals surface area contributed by atoms with Gasteiger partial charge in [0.1, 0.15) is 6.54 Å². The zero-order chi connectivity index (χ0) is 28.2. The number of sulfonamides is 2. The molecule has 0 heterocycles. The smallest absolute Gasteiger partial charge is 0.264 e. The number of amides is 1. The van der Waals surface area contributed by atoms with E-state index in [1.54, 1.807) is 60.7 Å². The molecule has 0 bridgehead atoms. The topological polar surface area (TPSA) is 113 Å². The number of carbonyl (C=O) groups excluding carboxylic acids is 1. The molecule has 0 fully saturated rings. The Kier molecular flexibility index (Phi) is 8.80. The van der Waals surface area contributed by atoms with Crippen molar-refractivity contribution in [3.63, 3.8) is 0 Å². The van der Waals surface area contributed by atoms with Gasteiger partial charge in [0.05, 0.1) is 15.5 Å². The monoisotopic (exact) mass is 691 g/mol. The molecule has 0 radical (unpaired) electrons. The molecule has 2 N–H and O–H groups in total. The Morgan fingerprint density at radius 2 is 1.33 bits per heavy atom. The normalized spacial score (nSPS) is 11.6. The minimum absolute atomic E-state index is 0.00105. The summed E-state index contributed by atoms with van der Waals surface area (Å²) in [6.45, 7) is 1.35. The Morgan fingerprint density at radius 3 is 1.95 bits per heavy atom. The lowest BCUT2D eigenvalue weighted by Gasteiger charge is -2.24. The fourth-order valence-electron chi connectivity index (χ4n) is 3.56. The van der Waals surface area contributed by atoms with Crippen LogP contribution in [0.4, 0.5) is 17.1 Å². The van der Waals surface area contributed by atoms with E-state index in [1.165, 1.54) is 36.4 Å². The van der Waals surface area contributed by atoms with Crippen molar-refractivity contribution in [1.29, 1.82) is 0 Å².